The van der Waals surface area contributed by atoms with Crippen molar-refractivity contribution in [3.63, 3.8) is 0 Å². The van der Waals surface area contributed by atoms with Gasteiger partial charge in [0.25, 0.3) is 5.91 Å². The smallest absolute Gasteiger partial charge is 0.394 e. The molecule has 3 aromatic heterocycles. The summed E-state index contributed by atoms with van der Waals surface area (Å²) in [5.74, 6) is -2.56. The largest absolute Gasteiger partial charge is 0.434 e. The van der Waals surface area contributed by atoms with Crippen molar-refractivity contribution in [2.45, 2.75) is 19.2 Å². The number of amides is 1. The second-order valence-electron chi connectivity index (χ2n) is 7.83. The summed E-state index contributed by atoms with van der Waals surface area (Å²) in [6.07, 6.45) is -1.73. The molecule has 13 heteroatoms. The van der Waals surface area contributed by atoms with E-state index >= 15 is 0 Å². The third-order valence-corrected chi connectivity index (χ3v) is 5.34. The number of ketones is 1. The average Bonchev–Trinajstić information content (AvgIpc) is 3.32. The molecule has 1 aliphatic heterocycles. The van der Waals surface area contributed by atoms with E-state index in [4.69, 9.17) is 10.5 Å². The molecule has 0 aromatic carbocycles. The number of nitrogens with one attached hydrogen (secondary N) is 2. The molecule has 4 heterocycles. The Morgan fingerprint density at radius 3 is 2.80 bits per heavy atom. The third-order valence-electron chi connectivity index (χ3n) is 5.34. The van der Waals surface area contributed by atoms with E-state index in [0.717, 1.165) is 24.5 Å². The number of ether oxygens (including phenoxy) is 1. The summed E-state index contributed by atoms with van der Waals surface area (Å²) in [7, 11) is 0. The van der Waals surface area contributed by atoms with Gasteiger partial charge in [-0.15, -0.1) is 0 Å². The Hall–Kier alpha value is -4.00. The predicted molar refractivity (Wildman–Crippen MR) is 118 cm³/mol. The number of hydrogen-bond acceptors (Lipinski definition) is 7. The quantitative estimate of drug-likeness (QED) is 0.369. The van der Waals surface area contributed by atoms with Crippen molar-refractivity contribution in [1.82, 2.24) is 15.0 Å². The van der Waals surface area contributed by atoms with E-state index in [1.54, 1.807) is 4.90 Å². The highest BCUT2D eigenvalue weighted by atomic mass is 19.4. The van der Waals surface area contributed by atoms with Crippen LogP contribution in [0.25, 0.3) is 0 Å². The maximum absolute atomic E-state index is 14.9. The number of H-pyrrole nitrogens is 1. The minimum Gasteiger partial charge on any atom is -0.394 e. The number of nitrogens with zero attached hydrogens (tertiary/aromatic N) is 3. The van der Waals surface area contributed by atoms with E-state index in [1.807, 2.05) is 6.92 Å². The first-order valence-electron chi connectivity index (χ1n) is 10.4. The van der Waals surface area contributed by atoms with Gasteiger partial charge >= 0.3 is 6.18 Å². The SMILES string of the molecule is C[C@@H]1CN(c2ncc(NC(=O)c3cc(C(=O)c4cccnc4C(F)(F)F)c[nH]3)c(N)c2F)CCO1. The van der Waals surface area contributed by atoms with Crippen LogP contribution in [-0.4, -0.2) is 52.4 Å². The highest BCUT2D eigenvalue weighted by molar-refractivity contribution is 6.12. The van der Waals surface area contributed by atoms with E-state index in [1.165, 1.54) is 12.3 Å². The normalized spacial score (nSPS) is 16.3. The molecule has 0 aliphatic carbocycles. The number of rotatable bonds is 5. The van der Waals surface area contributed by atoms with E-state index in [-0.39, 0.29) is 34.6 Å². The predicted octanol–water partition coefficient (Wildman–Crippen LogP) is 3.25. The molecule has 0 radical (unpaired) electrons. The minimum absolute atomic E-state index is 0.0281. The number of carbonyl (C=O) groups is 2. The van der Waals surface area contributed by atoms with Crippen LogP contribution in [0.1, 0.15) is 39.0 Å². The maximum Gasteiger partial charge on any atom is 0.434 e. The zero-order valence-electron chi connectivity index (χ0n) is 18.3. The van der Waals surface area contributed by atoms with Gasteiger partial charge in [-0.05, 0) is 25.1 Å². The molecule has 0 saturated carbocycles. The van der Waals surface area contributed by atoms with Crippen molar-refractivity contribution < 1.29 is 31.9 Å². The molecular weight excluding hydrogens is 472 g/mol. The monoisotopic (exact) mass is 492 g/mol. The van der Waals surface area contributed by atoms with Crippen LogP contribution in [-0.2, 0) is 10.9 Å². The Labute approximate surface area is 196 Å². The zero-order valence-corrected chi connectivity index (χ0v) is 18.3. The van der Waals surface area contributed by atoms with Crippen LogP contribution in [0.4, 0.5) is 34.8 Å². The van der Waals surface area contributed by atoms with Crippen LogP contribution < -0.4 is 16.0 Å². The molecule has 1 saturated heterocycles. The van der Waals surface area contributed by atoms with Crippen LogP contribution in [0.3, 0.4) is 0 Å². The van der Waals surface area contributed by atoms with Crippen molar-refractivity contribution in [2.24, 2.45) is 0 Å². The molecule has 3 aromatic rings. The number of nitrogens with two attached hydrogens (primary N) is 1. The molecular formula is C22H20F4N6O3. The van der Waals surface area contributed by atoms with Crippen molar-refractivity contribution in [3.8, 4) is 0 Å². The first-order valence-corrected chi connectivity index (χ1v) is 10.4. The lowest BCUT2D eigenvalue weighted by Gasteiger charge is -2.32. The Kier molecular flexibility index (Phi) is 6.43. The van der Waals surface area contributed by atoms with E-state index in [9.17, 15) is 27.2 Å². The molecule has 1 fully saturated rings. The number of aromatic nitrogens is 3. The van der Waals surface area contributed by atoms with Gasteiger partial charge in [0.1, 0.15) is 5.69 Å². The van der Waals surface area contributed by atoms with Gasteiger partial charge in [-0.25, -0.2) is 9.37 Å². The number of halogens is 4. The Morgan fingerprint density at radius 2 is 2.09 bits per heavy atom. The van der Waals surface area contributed by atoms with Crippen molar-refractivity contribution in [2.75, 3.05) is 35.6 Å². The highest BCUT2D eigenvalue weighted by Gasteiger charge is 2.37. The molecule has 1 atom stereocenters. The van der Waals surface area contributed by atoms with Crippen LogP contribution in [0.15, 0.2) is 36.8 Å². The molecule has 1 aliphatic rings. The summed E-state index contributed by atoms with van der Waals surface area (Å²) in [5, 5.41) is 2.39. The summed E-state index contributed by atoms with van der Waals surface area (Å²) in [6, 6.07) is 3.28. The van der Waals surface area contributed by atoms with Gasteiger partial charge in [-0.1, -0.05) is 0 Å². The first-order chi connectivity index (χ1) is 16.6. The fourth-order valence-corrected chi connectivity index (χ4v) is 3.64. The second kappa shape index (κ2) is 9.33. The van der Waals surface area contributed by atoms with Crippen LogP contribution >= 0.6 is 0 Å². The number of carbonyl (C=O) groups excluding carboxylic acids is 2. The molecule has 9 nitrogen and oxygen atoms in total. The lowest BCUT2D eigenvalue weighted by Crippen LogP contribution is -2.42. The Balaban J connectivity index is 1.52. The fraction of sp³-hybridized carbons (Fsp3) is 0.273. The summed E-state index contributed by atoms with van der Waals surface area (Å²) >= 11 is 0. The summed E-state index contributed by atoms with van der Waals surface area (Å²) in [4.78, 5) is 36.8. The van der Waals surface area contributed by atoms with Crippen molar-refractivity contribution in [1.29, 1.82) is 0 Å². The second-order valence-corrected chi connectivity index (χ2v) is 7.83. The van der Waals surface area contributed by atoms with Crippen LogP contribution in [0.2, 0.25) is 0 Å². The average molecular weight is 492 g/mol. The van der Waals surface area contributed by atoms with Gasteiger partial charge in [-0.3, -0.25) is 14.6 Å². The fourth-order valence-electron chi connectivity index (χ4n) is 3.64. The Bertz CT molecular complexity index is 1280. The number of anilines is 3. The van der Waals surface area contributed by atoms with Gasteiger partial charge < -0.3 is 25.7 Å². The molecule has 0 unspecified atom stereocenters. The molecule has 4 N–H and O–H groups in total. The number of hydrogen-bond donors (Lipinski definition) is 3. The zero-order chi connectivity index (χ0) is 25.3. The lowest BCUT2D eigenvalue weighted by atomic mass is 10.0. The Morgan fingerprint density at radius 1 is 1.31 bits per heavy atom. The molecule has 1 amide bonds. The highest BCUT2D eigenvalue weighted by Crippen LogP contribution is 2.32. The van der Waals surface area contributed by atoms with E-state index < -0.39 is 34.9 Å². The summed E-state index contributed by atoms with van der Waals surface area (Å²) in [6.45, 7) is 3.08. The minimum atomic E-state index is -4.83. The van der Waals surface area contributed by atoms with Gasteiger partial charge in [0, 0.05) is 31.0 Å². The standard InChI is InChI=1S/C22H20F4N6O3/c1-11-10-32(5-6-35-11)20-16(23)17(27)15(9-30-20)31-21(34)14-7-12(8-29-14)18(33)13-3-2-4-28-19(13)22(24,25)26/h2-4,7-9,11,29H,5-6,10H2,1H3,(H2,27,30)(H,31,34)/t11-/m1/s1. The number of alkyl halides is 3. The number of nitrogen functional groups attached to an aromatic ring is 1. The van der Waals surface area contributed by atoms with Crippen molar-refractivity contribution in [3.05, 3.63) is 65.1 Å². The summed E-state index contributed by atoms with van der Waals surface area (Å²) < 4.78 is 59.9. The number of pyridine rings is 2. The molecule has 0 spiro atoms. The van der Waals surface area contributed by atoms with E-state index in [0.29, 0.717) is 19.7 Å². The topological polar surface area (TPSA) is 126 Å². The van der Waals surface area contributed by atoms with Crippen LogP contribution in [0.5, 0.6) is 0 Å². The number of morpholine rings is 1. The lowest BCUT2D eigenvalue weighted by molar-refractivity contribution is -0.141. The van der Waals surface area contributed by atoms with Gasteiger partial charge in [-0.2, -0.15) is 13.2 Å². The molecule has 184 valence electrons. The van der Waals surface area contributed by atoms with E-state index in [2.05, 4.69) is 20.3 Å². The van der Waals surface area contributed by atoms with Gasteiger partial charge in [0.2, 0.25) is 0 Å². The van der Waals surface area contributed by atoms with Crippen LogP contribution in [0, 0.1) is 5.82 Å². The third kappa shape index (κ3) is 4.94. The summed E-state index contributed by atoms with van der Waals surface area (Å²) in [5.41, 5.74) is 3.09. The van der Waals surface area contributed by atoms with Gasteiger partial charge in [0.15, 0.2) is 23.1 Å². The molecule has 4 rings (SSSR count). The maximum atomic E-state index is 14.9. The molecule has 35 heavy (non-hydrogen) atoms. The van der Waals surface area contributed by atoms with Gasteiger partial charge in [0.05, 0.1) is 35.8 Å². The number of aromatic amines is 1. The molecule has 0 bridgehead atoms. The first kappa shape index (κ1) is 24.1. The van der Waals surface area contributed by atoms with Crippen molar-refractivity contribution >= 4 is 28.9 Å².